The van der Waals surface area contributed by atoms with Crippen LogP contribution in [0.4, 0.5) is 5.69 Å². The summed E-state index contributed by atoms with van der Waals surface area (Å²) in [5.41, 5.74) is 5.37. The van der Waals surface area contributed by atoms with E-state index in [0.717, 1.165) is 13.1 Å². The van der Waals surface area contributed by atoms with Gasteiger partial charge in [0.15, 0.2) is 6.61 Å². The quantitative estimate of drug-likeness (QED) is 0.650. The molecule has 0 saturated carbocycles. The molecule has 0 aliphatic carbocycles. The van der Waals surface area contributed by atoms with Gasteiger partial charge in [-0.25, -0.2) is 0 Å². The Hall–Kier alpha value is -2.12. The predicted molar refractivity (Wildman–Crippen MR) is 77.0 cm³/mol. The number of carbonyl (C=O) groups is 2. The second kappa shape index (κ2) is 6.55. The number of nitrogens with two attached hydrogens (primary N) is 1. The Morgan fingerprint density at radius 3 is 2.48 bits per heavy atom. The number of hydrogen-bond donors (Lipinski definition) is 3. The zero-order valence-corrected chi connectivity index (χ0v) is 11.8. The normalized spacial score (nSPS) is 15.9. The smallest absolute Gasteiger partial charge is 0.255 e. The van der Waals surface area contributed by atoms with Crippen LogP contribution in [0.3, 0.4) is 0 Å². The van der Waals surface area contributed by atoms with Gasteiger partial charge in [0, 0.05) is 18.8 Å². The fourth-order valence-corrected chi connectivity index (χ4v) is 1.80. The van der Waals surface area contributed by atoms with Crippen LogP contribution in [0.5, 0.6) is 5.75 Å². The van der Waals surface area contributed by atoms with E-state index in [-0.39, 0.29) is 24.7 Å². The Kier molecular flexibility index (Phi) is 4.77. The van der Waals surface area contributed by atoms with Crippen molar-refractivity contribution in [1.29, 1.82) is 0 Å². The largest absolute Gasteiger partial charge is 0.484 e. The van der Waals surface area contributed by atoms with Crippen molar-refractivity contribution in [3.05, 3.63) is 24.3 Å². The highest BCUT2D eigenvalue weighted by molar-refractivity contribution is 5.91. The number of amides is 2. The molecule has 4 N–H and O–H groups in total. The first kappa shape index (κ1) is 15.3. The van der Waals surface area contributed by atoms with Crippen molar-refractivity contribution in [2.45, 2.75) is 12.5 Å². The summed E-state index contributed by atoms with van der Waals surface area (Å²) in [6.45, 7) is 3.31. The number of carbonyl (C=O) groups excluding carboxylic acids is 2. The molecule has 0 bridgehead atoms. The van der Waals surface area contributed by atoms with E-state index in [1.54, 1.807) is 24.3 Å². The van der Waals surface area contributed by atoms with Gasteiger partial charge < -0.3 is 25.8 Å². The van der Waals surface area contributed by atoms with Gasteiger partial charge in [-0.2, -0.15) is 0 Å². The zero-order chi connectivity index (χ0) is 15.3. The summed E-state index contributed by atoms with van der Waals surface area (Å²) in [7, 11) is 0. The minimum Gasteiger partial charge on any atom is -0.484 e. The SMILES string of the molecule is CC1(OCC(=O)Nc2ccc(OCC(N)=O)cc2)CNC1. The third-order valence-electron chi connectivity index (χ3n) is 3.07. The molecule has 114 valence electrons. The first-order valence-corrected chi connectivity index (χ1v) is 6.63. The molecule has 7 nitrogen and oxygen atoms in total. The highest BCUT2D eigenvalue weighted by Crippen LogP contribution is 2.17. The minimum atomic E-state index is -0.538. The maximum Gasteiger partial charge on any atom is 0.255 e. The molecule has 0 aromatic heterocycles. The summed E-state index contributed by atoms with van der Waals surface area (Å²) in [6.07, 6.45) is 0. The molecule has 1 saturated heterocycles. The van der Waals surface area contributed by atoms with Crippen molar-refractivity contribution in [3.8, 4) is 5.75 Å². The van der Waals surface area contributed by atoms with Crippen LogP contribution in [0.25, 0.3) is 0 Å². The van der Waals surface area contributed by atoms with Crippen LogP contribution in [0.15, 0.2) is 24.3 Å². The molecular formula is C14H19N3O4. The molecule has 1 aromatic carbocycles. The summed E-state index contributed by atoms with van der Waals surface area (Å²) < 4.78 is 10.7. The average Bonchev–Trinajstić information content (AvgIpc) is 2.42. The highest BCUT2D eigenvalue weighted by atomic mass is 16.5. The van der Waals surface area contributed by atoms with E-state index in [2.05, 4.69) is 10.6 Å². The number of primary amides is 1. The second-order valence-corrected chi connectivity index (χ2v) is 5.17. The number of rotatable bonds is 7. The van der Waals surface area contributed by atoms with Gasteiger partial charge in [-0.1, -0.05) is 0 Å². The average molecular weight is 293 g/mol. The van der Waals surface area contributed by atoms with Gasteiger partial charge in [0.05, 0.1) is 5.60 Å². The van der Waals surface area contributed by atoms with E-state index < -0.39 is 5.91 Å². The van der Waals surface area contributed by atoms with E-state index in [1.165, 1.54) is 0 Å². The first-order chi connectivity index (χ1) is 9.97. The van der Waals surface area contributed by atoms with E-state index in [9.17, 15) is 9.59 Å². The standard InChI is InChI=1S/C14H19N3O4/c1-14(8-16-9-14)21-7-13(19)17-10-2-4-11(5-3-10)20-6-12(15)18/h2-5,16H,6-9H2,1H3,(H2,15,18)(H,17,19). The molecule has 0 unspecified atom stereocenters. The van der Waals surface area contributed by atoms with E-state index >= 15 is 0 Å². The maximum atomic E-state index is 11.8. The molecule has 2 amide bonds. The third-order valence-corrected chi connectivity index (χ3v) is 3.07. The van der Waals surface area contributed by atoms with Crippen molar-refractivity contribution in [2.24, 2.45) is 5.73 Å². The van der Waals surface area contributed by atoms with Crippen LogP contribution in [-0.2, 0) is 14.3 Å². The summed E-state index contributed by atoms with van der Waals surface area (Å²) in [6, 6.07) is 6.66. The van der Waals surface area contributed by atoms with Crippen molar-refractivity contribution >= 4 is 17.5 Å². The van der Waals surface area contributed by atoms with E-state index in [4.69, 9.17) is 15.2 Å². The maximum absolute atomic E-state index is 11.8. The van der Waals surface area contributed by atoms with Gasteiger partial charge in [0.25, 0.3) is 5.91 Å². The minimum absolute atomic E-state index is 0.0120. The third kappa shape index (κ3) is 4.73. The molecule has 1 heterocycles. The summed E-state index contributed by atoms with van der Waals surface area (Å²) in [5.74, 6) is -0.242. The van der Waals surface area contributed by atoms with Gasteiger partial charge >= 0.3 is 0 Å². The Labute approximate surface area is 122 Å². The van der Waals surface area contributed by atoms with Crippen molar-refractivity contribution < 1.29 is 19.1 Å². The van der Waals surface area contributed by atoms with Crippen molar-refractivity contribution in [3.63, 3.8) is 0 Å². The van der Waals surface area contributed by atoms with Crippen LogP contribution in [0, 0.1) is 0 Å². The Morgan fingerprint density at radius 1 is 1.29 bits per heavy atom. The summed E-state index contributed by atoms with van der Waals surface area (Å²) in [4.78, 5) is 22.3. The number of hydrogen-bond acceptors (Lipinski definition) is 5. The van der Waals surface area contributed by atoms with Crippen LogP contribution in [-0.4, -0.2) is 43.7 Å². The molecule has 0 radical (unpaired) electrons. The highest BCUT2D eigenvalue weighted by Gasteiger charge is 2.32. The van der Waals surface area contributed by atoms with Gasteiger partial charge in [0.2, 0.25) is 5.91 Å². The van der Waals surface area contributed by atoms with E-state index in [1.807, 2.05) is 6.92 Å². The lowest BCUT2D eigenvalue weighted by atomic mass is 10.0. The fraction of sp³-hybridized carbons (Fsp3) is 0.429. The lowest BCUT2D eigenvalue weighted by Gasteiger charge is -2.38. The zero-order valence-electron chi connectivity index (χ0n) is 11.8. The van der Waals surface area contributed by atoms with Crippen LogP contribution >= 0.6 is 0 Å². The monoisotopic (exact) mass is 293 g/mol. The lowest BCUT2D eigenvalue weighted by molar-refractivity contribution is -0.130. The molecular weight excluding hydrogens is 274 g/mol. The summed E-state index contributed by atoms with van der Waals surface area (Å²) in [5, 5.41) is 5.82. The van der Waals surface area contributed by atoms with Gasteiger partial charge in [0.1, 0.15) is 12.4 Å². The number of benzene rings is 1. The lowest BCUT2D eigenvalue weighted by Crippen LogP contribution is -2.59. The van der Waals surface area contributed by atoms with Crippen molar-refractivity contribution in [2.75, 3.05) is 31.6 Å². The first-order valence-electron chi connectivity index (χ1n) is 6.63. The van der Waals surface area contributed by atoms with Crippen LogP contribution in [0.1, 0.15) is 6.92 Å². The summed E-state index contributed by atoms with van der Waals surface area (Å²) >= 11 is 0. The van der Waals surface area contributed by atoms with Gasteiger partial charge in [-0.15, -0.1) is 0 Å². The molecule has 1 fully saturated rings. The van der Waals surface area contributed by atoms with Crippen LogP contribution in [0.2, 0.25) is 0 Å². The molecule has 2 rings (SSSR count). The van der Waals surface area contributed by atoms with Gasteiger partial charge in [-0.05, 0) is 31.2 Å². The topological polar surface area (TPSA) is 103 Å². The Bertz CT molecular complexity index is 511. The number of ether oxygens (including phenoxy) is 2. The predicted octanol–water partition coefficient (Wildman–Crippen LogP) is -0.132. The molecule has 7 heteroatoms. The molecule has 1 aliphatic rings. The molecule has 21 heavy (non-hydrogen) atoms. The fourth-order valence-electron chi connectivity index (χ4n) is 1.80. The van der Waals surface area contributed by atoms with Crippen molar-refractivity contribution in [1.82, 2.24) is 5.32 Å². The number of anilines is 1. The van der Waals surface area contributed by atoms with E-state index in [0.29, 0.717) is 11.4 Å². The second-order valence-electron chi connectivity index (χ2n) is 5.17. The molecule has 1 aliphatic heterocycles. The molecule has 0 spiro atoms. The van der Waals surface area contributed by atoms with Crippen LogP contribution < -0.4 is 21.1 Å². The number of nitrogens with one attached hydrogen (secondary N) is 2. The Morgan fingerprint density at radius 2 is 1.95 bits per heavy atom. The van der Waals surface area contributed by atoms with Gasteiger partial charge in [-0.3, -0.25) is 9.59 Å². The Balaban J connectivity index is 1.76. The molecule has 0 atom stereocenters. The molecule has 1 aromatic rings.